The number of aromatic nitrogens is 1. The monoisotopic (exact) mass is 537 g/mol. The molecule has 1 heterocycles. The van der Waals surface area contributed by atoms with E-state index in [1.807, 2.05) is 12.1 Å². The van der Waals surface area contributed by atoms with Crippen LogP contribution in [0.2, 0.25) is 0 Å². The second kappa shape index (κ2) is 11.1. The molecular formula is C25H19N3O7S2. The lowest BCUT2D eigenvalue weighted by atomic mass is 10.0. The molecule has 3 aromatic carbocycles. The summed E-state index contributed by atoms with van der Waals surface area (Å²) in [7, 11) is 1.58. The van der Waals surface area contributed by atoms with Crippen molar-refractivity contribution in [3.05, 3.63) is 77.4 Å². The third-order valence-corrected chi connectivity index (χ3v) is 7.01. The Kier molecular flexibility index (Phi) is 7.70. The molecule has 4 N–H and O–H groups in total. The molecule has 37 heavy (non-hydrogen) atoms. The van der Waals surface area contributed by atoms with E-state index in [0.717, 1.165) is 27.2 Å². The minimum absolute atomic E-state index is 0.142. The summed E-state index contributed by atoms with van der Waals surface area (Å²) >= 11 is 2.64. The van der Waals surface area contributed by atoms with Crippen LogP contribution < -0.4 is 15.4 Å². The van der Waals surface area contributed by atoms with Crippen molar-refractivity contribution in [3.8, 4) is 5.75 Å². The van der Waals surface area contributed by atoms with Crippen LogP contribution in [0, 0.1) is 0 Å². The highest BCUT2D eigenvalue weighted by Gasteiger charge is 2.19. The van der Waals surface area contributed by atoms with Crippen molar-refractivity contribution in [2.75, 3.05) is 23.5 Å². The van der Waals surface area contributed by atoms with Gasteiger partial charge < -0.3 is 25.6 Å². The number of thiazole rings is 1. The zero-order valence-corrected chi connectivity index (χ0v) is 20.8. The lowest BCUT2D eigenvalue weighted by Crippen LogP contribution is -2.17. The molecule has 0 aliphatic heterocycles. The van der Waals surface area contributed by atoms with E-state index in [2.05, 4.69) is 15.6 Å². The van der Waals surface area contributed by atoms with Crippen LogP contribution in [-0.2, 0) is 4.79 Å². The molecule has 0 unspecified atom stereocenters. The van der Waals surface area contributed by atoms with Crippen LogP contribution >= 0.6 is 23.1 Å². The van der Waals surface area contributed by atoms with Gasteiger partial charge in [0.1, 0.15) is 5.75 Å². The Morgan fingerprint density at radius 1 is 0.919 bits per heavy atom. The van der Waals surface area contributed by atoms with Crippen molar-refractivity contribution in [1.82, 2.24) is 4.98 Å². The number of benzene rings is 3. The summed E-state index contributed by atoms with van der Waals surface area (Å²) in [6, 6.07) is 15.4. The Hall–Kier alpha value is -4.42. The quantitative estimate of drug-likeness (QED) is 0.223. The molecule has 12 heteroatoms. The minimum Gasteiger partial charge on any atom is -0.497 e. The van der Waals surface area contributed by atoms with Gasteiger partial charge in [-0.25, -0.2) is 14.6 Å². The molecule has 10 nitrogen and oxygen atoms in total. The highest BCUT2D eigenvalue weighted by Crippen LogP contribution is 2.29. The summed E-state index contributed by atoms with van der Waals surface area (Å²) in [6.45, 7) is 0. The van der Waals surface area contributed by atoms with E-state index in [9.17, 15) is 24.3 Å². The van der Waals surface area contributed by atoms with Gasteiger partial charge in [-0.3, -0.25) is 9.59 Å². The van der Waals surface area contributed by atoms with Gasteiger partial charge in [0, 0.05) is 10.6 Å². The van der Waals surface area contributed by atoms with Crippen LogP contribution in [0.15, 0.2) is 65.6 Å². The van der Waals surface area contributed by atoms with Gasteiger partial charge in [0.2, 0.25) is 5.91 Å². The Balaban J connectivity index is 1.34. The summed E-state index contributed by atoms with van der Waals surface area (Å²) < 4.78 is 6.10. The number of methoxy groups -OCH3 is 1. The maximum Gasteiger partial charge on any atom is 0.336 e. The average Bonchev–Trinajstić information content (AvgIpc) is 3.29. The molecule has 0 saturated carbocycles. The van der Waals surface area contributed by atoms with Crippen molar-refractivity contribution < 1.29 is 34.1 Å². The number of thioether (sulfide) groups is 1. The molecular weight excluding hydrogens is 518 g/mol. The van der Waals surface area contributed by atoms with Crippen molar-refractivity contribution in [3.63, 3.8) is 0 Å². The van der Waals surface area contributed by atoms with E-state index < -0.39 is 23.4 Å². The number of carboxylic acid groups (broad SMARTS) is 2. The number of anilines is 2. The second-order valence-corrected chi connectivity index (χ2v) is 9.62. The number of nitrogens with zero attached hydrogens (tertiary/aromatic N) is 1. The molecule has 0 aliphatic carbocycles. The SMILES string of the molecule is COc1ccc2nc(NC(=O)CSc3ccc(NC(=O)c4ccc(C(=O)O)cc4C(=O)O)cc3)sc2c1. The number of hydrogen-bond donors (Lipinski definition) is 4. The smallest absolute Gasteiger partial charge is 0.336 e. The normalized spacial score (nSPS) is 10.6. The number of fused-ring (bicyclic) bond motifs is 1. The number of nitrogens with one attached hydrogen (secondary N) is 2. The van der Waals surface area contributed by atoms with Gasteiger partial charge in [-0.1, -0.05) is 11.3 Å². The summed E-state index contributed by atoms with van der Waals surface area (Å²) in [6.07, 6.45) is 0. The molecule has 188 valence electrons. The van der Waals surface area contributed by atoms with Gasteiger partial charge in [0.25, 0.3) is 5.91 Å². The average molecular weight is 538 g/mol. The zero-order chi connectivity index (χ0) is 26.5. The van der Waals surface area contributed by atoms with E-state index in [-0.39, 0.29) is 22.8 Å². The first kappa shape index (κ1) is 25.7. The van der Waals surface area contributed by atoms with E-state index in [0.29, 0.717) is 16.6 Å². The maximum absolute atomic E-state index is 12.6. The molecule has 0 saturated heterocycles. The van der Waals surface area contributed by atoms with E-state index in [1.165, 1.54) is 29.2 Å². The third-order valence-electron chi connectivity index (χ3n) is 5.07. The molecule has 0 radical (unpaired) electrons. The summed E-state index contributed by atoms with van der Waals surface area (Å²) in [5, 5.41) is 24.3. The van der Waals surface area contributed by atoms with E-state index >= 15 is 0 Å². The van der Waals surface area contributed by atoms with Crippen LogP contribution in [-0.4, -0.2) is 51.8 Å². The standard InChI is InChI=1S/C25H19N3O7S2/c1-35-15-5-9-19-20(11-15)37-25(27-19)28-21(29)12-36-16-6-3-14(4-7-16)26-22(30)17-8-2-13(23(31)32)10-18(17)24(33)34/h2-11H,12H2,1H3,(H,26,30)(H,31,32)(H,33,34)(H,27,28,29). The van der Waals surface area contributed by atoms with E-state index in [4.69, 9.17) is 9.84 Å². The largest absolute Gasteiger partial charge is 0.497 e. The number of hydrogen-bond acceptors (Lipinski definition) is 8. The molecule has 4 aromatic rings. The predicted octanol–water partition coefficient (Wildman–Crippen LogP) is 4.68. The molecule has 2 amide bonds. The van der Waals surface area contributed by atoms with E-state index in [1.54, 1.807) is 37.4 Å². The first-order valence-corrected chi connectivity index (χ1v) is 12.4. The number of carboxylic acids is 2. The molecule has 0 spiro atoms. The van der Waals surface area contributed by atoms with Crippen LogP contribution in [0.5, 0.6) is 5.75 Å². The van der Waals surface area contributed by atoms with Crippen LogP contribution in [0.25, 0.3) is 10.2 Å². The fourth-order valence-corrected chi connectivity index (χ4v) is 4.88. The van der Waals surface area contributed by atoms with Gasteiger partial charge in [0.05, 0.1) is 39.8 Å². The maximum atomic E-state index is 12.6. The number of ether oxygens (including phenoxy) is 1. The number of amides is 2. The number of carbonyl (C=O) groups is 4. The predicted molar refractivity (Wildman–Crippen MR) is 140 cm³/mol. The number of aromatic carboxylic acids is 2. The first-order chi connectivity index (χ1) is 17.7. The van der Waals surface area contributed by atoms with Crippen LogP contribution in [0.3, 0.4) is 0 Å². The Bertz CT molecular complexity index is 1520. The lowest BCUT2D eigenvalue weighted by molar-refractivity contribution is -0.113. The third kappa shape index (κ3) is 6.23. The first-order valence-electron chi connectivity index (χ1n) is 10.6. The second-order valence-electron chi connectivity index (χ2n) is 7.54. The van der Waals surface area contributed by atoms with Gasteiger partial charge >= 0.3 is 11.9 Å². The van der Waals surface area contributed by atoms with Gasteiger partial charge in [-0.2, -0.15) is 0 Å². The molecule has 4 rings (SSSR count). The fourth-order valence-electron chi connectivity index (χ4n) is 3.27. The zero-order valence-electron chi connectivity index (χ0n) is 19.2. The lowest BCUT2D eigenvalue weighted by Gasteiger charge is -2.09. The fraction of sp³-hybridized carbons (Fsp3) is 0.0800. The topological polar surface area (TPSA) is 155 Å². The highest BCUT2D eigenvalue weighted by atomic mass is 32.2. The summed E-state index contributed by atoms with van der Waals surface area (Å²) in [5.74, 6) is -2.77. The molecule has 0 fully saturated rings. The molecule has 1 aromatic heterocycles. The van der Waals surface area contributed by atoms with Crippen molar-refractivity contribution in [1.29, 1.82) is 0 Å². The van der Waals surface area contributed by atoms with Gasteiger partial charge in [-0.15, -0.1) is 11.8 Å². The van der Waals surface area contributed by atoms with Gasteiger partial charge in [0.15, 0.2) is 5.13 Å². The summed E-state index contributed by atoms with van der Waals surface area (Å²) in [5.41, 5.74) is 0.355. The van der Waals surface area contributed by atoms with Crippen molar-refractivity contribution >= 4 is 67.9 Å². The van der Waals surface area contributed by atoms with Crippen LogP contribution in [0.4, 0.5) is 10.8 Å². The van der Waals surface area contributed by atoms with Gasteiger partial charge in [-0.05, 0) is 60.7 Å². The molecule has 0 aliphatic rings. The molecule has 0 bridgehead atoms. The Morgan fingerprint density at radius 3 is 2.35 bits per heavy atom. The Morgan fingerprint density at radius 2 is 1.68 bits per heavy atom. The van der Waals surface area contributed by atoms with Crippen LogP contribution in [0.1, 0.15) is 31.1 Å². The molecule has 0 atom stereocenters. The van der Waals surface area contributed by atoms with Crippen molar-refractivity contribution in [2.24, 2.45) is 0 Å². The number of carbonyl (C=O) groups excluding carboxylic acids is 2. The highest BCUT2D eigenvalue weighted by molar-refractivity contribution is 8.00. The summed E-state index contributed by atoms with van der Waals surface area (Å²) in [4.78, 5) is 52.7. The van der Waals surface area contributed by atoms with Crippen molar-refractivity contribution in [2.45, 2.75) is 4.90 Å². The number of rotatable bonds is 9. The minimum atomic E-state index is -1.41. The Labute approximate surface area is 218 Å².